The molecule has 3 heterocycles. The summed E-state index contributed by atoms with van der Waals surface area (Å²) < 4.78 is 13.5. The molecule has 1 aliphatic carbocycles. The number of carbonyl (C=O) groups excluding carboxylic acids is 2. The average Bonchev–Trinajstić information content (AvgIpc) is 3.30. The van der Waals surface area contributed by atoms with Crippen molar-refractivity contribution in [2.75, 3.05) is 18.4 Å². The predicted octanol–water partition coefficient (Wildman–Crippen LogP) is 3.19. The monoisotopic (exact) mass is 392 g/mol. The van der Waals surface area contributed by atoms with Crippen molar-refractivity contribution in [1.82, 2.24) is 14.8 Å². The summed E-state index contributed by atoms with van der Waals surface area (Å²) in [6, 6.07) is 7.99. The first kappa shape index (κ1) is 17.8. The Balaban J connectivity index is 1.32. The molecule has 2 aromatic rings. The van der Waals surface area contributed by atoms with Crippen molar-refractivity contribution in [1.29, 1.82) is 0 Å². The number of fused-ring (bicyclic) bond motifs is 3. The number of nitrogens with one attached hydrogen (secondary N) is 1. The summed E-state index contributed by atoms with van der Waals surface area (Å²) in [5.41, 5.74) is 4.48. The summed E-state index contributed by atoms with van der Waals surface area (Å²) in [5.74, 6) is -0.0910. The Bertz CT molecular complexity index is 1050. The first-order chi connectivity index (χ1) is 14.0. The van der Waals surface area contributed by atoms with Gasteiger partial charge in [-0.2, -0.15) is 0 Å². The number of aryl methyl sites for hydroxylation is 1. The van der Waals surface area contributed by atoms with Gasteiger partial charge < -0.3 is 15.1 Å². The standard InChI is InChI=1S/C22H21FN4O2/c1-13-6-15(4-5-24-13)18-7-14-8-20(18)27(10-14)21(28)12-26-11-16-9-17(23)2-3-19(16)25-22(26)29/h2-7,9,14,20H,8,10-12H2,1H3,(H,25,29)/t14-,20-/m0/s1. The van der Waals surface area contributed by atoms with Gasteiger partial charge in [-0.05, 0) is 66.3 Å². The fourth-order valence-electron chi connectivity index (χ4n) is 4.61. The molecule has 1 N–H and O–H groups in total. The Kier molecular flexibility index (Phi) is 4.12. The molecule has 3 aliphatic rings. The van der Waals surface area contributed by atoms with Gasteiger partial charge in [0.2, 0.25) is 5.91 Å². The van der Waals surface area contributed by atoms with Crippen LogP contribution in [-0.2, 0) is 11.3 Å². The van der Waals surface area contributed by atoms with Crippen LogP contribution in [0.1, 0.15) is 23.2 Å². The lowest BCUT2D eigenvalue weighted by atomic mass is 10.0. The van der Waals surface area contributed by atoms with E-state index >= 15 is 0 Å². The van der Waals surface area contributed by atoms with Crippen molar-refractivity contribution in [2.45, 2.75) is 25.9 Å². The summed E-state index contributed by atoms with van der Waals surface area (Å²) in [4.78, 5) is 33.0. The average molecular weight is 392 g/mol. The van der Waals surface area contributed by atoms with Crippen LogP contribution in [0.3, 0.4) is 0 Å². The van der Waals surface area contributed by atoms with Crippen LogP contribution in [0.4, 0.5) is 14.9 Å². The van der Waals surface area contributed by atoms with E-state index in [1.165, 1.54) is 17.0 Å². The normalized spacial score (nSPS) is 22.4. The maximum atomic E-state index is 13.5. The number of likely N-dealkylation sites (tertiary alicyclic amines) is 1. The van der Waals surface area contributed by atoms with Crippen molar-refractivity contribution in [3.63, 3.8) is 0 Å². The van der Waals surface area contributed by atoms with Gasteiger partial charge in [-0.3, -0.25) is 9.78 Å². The van der Waals surface area contributed by atoms with Gasteiger partial charge in [0.05, 0.1) is 12.6 Å². The molecule has 7 heteroatoms. The number of hydrogen-bond acceptors (Lipinski definition) is 3. The first-order valence-corrected chi connectivity index (χ1v) is 9.76. The molecule has 3 amide bonds. The molecule has 148 valence electrons. The van der Waals surface area contributed by atoms with Crippen molar-refractivity contribution in [3.8, 4) is 0 Å². The van der Waals surface area contributed by atoms with Gasteiger partial charge in [-0.15, -0.1) is 0 Å². The van der Waals surface area contributed by atoms with Gasteiger partial charge in [0, 0.05) is 24.1 Å². The van der Waals surface area contributed by atoms with Crippen LogP contribution < -0.4 is 5.32 Å². The minimum Gasteiger partial charge on any atom is -0.333 e. The SMILES string of the molecule is Cc1cc(C2=C[C@H]3C[C@@H]2N(C(=O)CN2Cc4cc(F)ccc4NC2=O)C3)ccn1. The second kappa shape index (κ2) is 6.69. The van der Waals surface area contributed by atoms with Gasteiger partial charge in [0.25, 0.3) is 0 Å². The van der Waals surface area contributed by atoms with Crippen molar-refractivity contribution in [3.05, 3.63) is 65.2 Å². The summed E-state index contributed by atoms with van der Waals surface area (Å²) in [7, 11) is 0. The van der Waals surface area contributed by atoms with Crippen LogP contribution in [-0.4, -0.2) is 45.9 Å². The fourth-order valence-corrected chi connectivity index (χ4v) is 4.61. The second-order valence-corrected chi connectivity index (χ2v) is 7.95. The quantitative estimate of drug-likeness (QED) is 0.873. The molecule has 6 nitrogen and oxygen atoms in total. The van der Waals surface area contributed by atoms with E-state index in [9.17, 15) is 14.0 Å². The molecule has 2 aliphatic heterocycles. The number of amides is 3. The number of pyridine rings is 1. The molecule has 5 rings (SSSR count). The van der Waals surface area contributed by atoms with E-state index in [1.807, 2.05) is 24.0 Å². The van der Waals surface area contributed by atoms with E-state index in [4.69, 9.17) is 0 Å². The van der Waals surface area contributed by atoms with Crippen LogP contribution in [0.2, 0.25) is 0 Å². The maximum absolute atomic E-state index is 13.5. The number of aromatic nitrogens is 1. The van der Waals surface area contributed by atoms with Gasteiger partial charge >= 0.3 is 6.03 Å². The zero-order valence-electron chi connectivity index (χ0n) is 16.1. The molecule has 1 aromatic carbocycles. The zero-order chi connectivity index (χ0) is 20.1. The molecule has 0 radical (unpaired) electrons. The Morgan fingerprint density at radius 2 is 2.17 bits per heavy atom. The van der Waals surface area contributed by atoms with Crippen molar-refractivity contribution in [2.24, 2.45) is 5.92 Å². The predicted molar refractivity (Wildman–Crippen MR) is 106 cm³/mol. The largest absolute Gasteiger partial charge is 0.333 e. The third-order valence-corrected chi connectivity index (χ3v) is 5.94. The van der Waals surface area contributed by atoms with Crippen LogP contribution in [0.15, 0.2) is 42.6 Å². The van der Waals surface area contributed by atoms with Gasteiger partial charge in [0.1, 0.15) is 12.4 Å². The maximum Gasteiger partial charge on any atom is 0.322 e. The molecule has 0 spiro atoms. The van der Waals surface area contributed by atoms with Crippen LogP contribution in [0.5, 0.6) is 0 Å². The lowest BCUT2D eigenvalue weighted by molar-refractivity contribution is -0.132. The number of anilines is 1. The number of rotatable bonds is 3. The Morgan fingerprint density at radius 1 is 1.31 bits per heavy atom. The van der Waals surface area contributed by atoms with Crippen LogP contribution in [0, 0.1) is 18.7 Å². The molecule has 2 atom stereocenters. The lowest BCUT2D eigenvalue weighted by Crippen LogP contribution is -2.48. The molecular weight excluding hydrogens is 371 g/mol. The highest BCUT2D eigenvalue weighted by Crippen LogP contribution is 2.41. The number of benzene rings is 1. The first-order valence-electron chi connectivity index (χ1n) is 9.76. The molecule has 29 heavy (non-hydrogen) atoms. The minimum absolute atomic E-state index is 0.0202. The Morgan fingerprint density at radius 3 is 2.97 bits per heavy atom. The van der Waals surface area contributed by atoms with Gasteiger partial charge in [-0.1, -0.05) is 6.08 Å². The molecule has 2 bridgehead atoms. The molecule has 0 unspecified atom stereocenters. The number of urea groups is 1. The number of halogens is 1. The highest BCUT2D eigenvalue weighted by atomic mass is 19.1. The van der Waals surface area contributed by atoms with Gasteiger partial charge in [0.15, 0.2) is 0 Å². The second-order valence-electron chi connectivity index (χ2n) is 7.95. The van der Waals surface area contributed by atoms with Crippen molar-refractivity contribution >= 4 is 23.2 Å². The molecule has 1 fully saturated rings. The highest BCUT2D eigenvalue weighted by Gasteiger charge is 2.42. The van der Waals surface area contributed by atoms with E-state index in [2.05, 4.69) is 16.4 Å². The zero-order valence-corrected chi connectivity index (χ0v) is 16.1. The van der Waals surface area contributed by atoms with E-state index in [-0.39, 0.29) is 36.9 Å². The van der Waals surface area contributed by atoms with Crippen molar-refractivity contribution < 1.29 is 14.0 Å². The van der Waals surface area contributed by atoms with E-state index in [0.29, 0.717) is 23.7 Å². The van der Waals surface area contributed by atoms with Gasteiger partial charge in [-0.25, -0.2) is 9.18 Å². The molecule has 1 aromatic heterocycles. The fraction of sp³-hybridized carbons (Fsp3) is 0.318. The van der Waals surface area contributed by atoms with E-state index in [0.717, 1.165) is 23.3 Å². The summed E-state index contributed by atoms with van der Waals surface area (Å²) in [5, 5.41) is 2.74. The molecule has 0 saturated carbocycles. The van der Waals surface area contributed by atoms with E-state index in [1.54, 1.807) is 12.3 Å². The lowest BCUT2D eigenvalue weighted by Gasteiger charge is -2.33. The third kappa shape index (κ3) is 3.16. The molecule has 1 saturated heterocycles. The summed E-state index contributed by atoms with van der Waals surface area (Å²) in [6.07, 6.45) is 4.97. The summed E-state index contributed by atoms with van der Waals surface area (Å²) >= 11 is 0. The summed E-state index contributed by atoms with van der Waals surface area (Å²) in [6.45, 7) is 2.83. The highest BCUT2D eigenvalue weighted by molar-refractivity contribution is 5.95. The van der Waals surface area contributed by atoms with Crippen LogP contribution in [0.25, 0.3) is 5.57 Å². The van der Waals surface area contributed by atoms with E-state index < -0.39 is 0 Å². The molecular formula is C22H21FN4O2. The smallest absolute Gasteiger partial charge is 0.322 e. The topological polar surface area (TPSA) is 65.5 Å². The number of nitrogens with zero attached hydrogens (tertiary/aromatic N) is 3. The Labute approximate surface area is 168 Å². The Hall–Kier alpha value is -3.22. The number of hydrogen-bond donors (Lipinski definition) is 1. The van der Waals surface area contributed by atoms with Crippen LogP contribution >= 0.6 is 0 Å². The number of carbonyl (C=O) groups is 2. The third-order valence-electron chi connectivity index (χ3n) is 5.94. The minimum atomic E-state index is -0.356.